The van der Waals surface area contributed by atoms with E-state index in [-0.39, 0.29) is 12.1 Å². The van der Waals surface area contributed by atoms with Gasteiger partial charge in [0.2, 0.25) is 0 Å². The summed E-state index contributed by atoms with van der Waals surface area (Å²) in [4.78, 5) is 0. The molecule has 1 aromatic rings. The zero-order chi connectivity index (χ0) is 14.5. The average molecular weight is 344 g/mol. The third-order valence-corrected chi connectivity index (χ3v) is 4.07. The molecule has 2 N–H and O–H groups in total. The summed E-state index contributed by atoms with van der Waals surface area (Å²) in [5.41, 5.74) is 7.34. The Labute approximate surface area is 128 Å². The van der Waals surface area contributed by atoms with Crippen LogP contribution in [0.4, 0.5) is 0 Å². The van der Waals surface area contributed by atoms with Gasteiger partial charge in [-0.2, -0.15) is 0 Å². The zero-order valence-corrected chi connectivity index (χ0v) is 13.6. The first-order chi connectivity index (χ1) is 9.67. The van der Waals surface area contributed by atoms with Crippen LogP contribution in [0.2, 0.25) is 0 Å². The highest BCUT2D eigenvalue weighted by atomic mass is 79.9. The van der Waals surface area contributed by atoms with E-state index in [0.717, 1.165) is 41.0 Å². The predicted octanol–water partition coefficient (Wildman–Crippen LogP) is 3.43. The Kier molecular flexibility index (Phi) is 5.69. The summed E-state index contributed by atoms with van der Waals surface area (Å²) in [5, 5.41) is 0. The Morgan fingerprint density at radius 3 is 2.50 bits per heavy atom. The molecule has 0 aromatic heterocycles. The lowest BCUT2D eigenvalue weighted by Gasteiger charge is -2.22. The molecule has 1 heterocycles. The normalized spacial score (nSPS) is 19.9. The topological polar surface area (TPSA) is 53.7 Å². The molecule has 2 atom stereocenters. The molecule has 0 aliphatic carbocycles. The van der Waals surface area contributed by atoms with Crippen molar-refractivity contribution >= 4 is 15.9 Å². The minimum absolute atomic E-state index is 0.0821. The van der Waals surface area contributed by atoms with Crippen molar-refractivity contribution in [2.75, 3.05) is 19.8 Å². The summed E-state index contributed by atoms with van der Waals surface area (Å²) in [5.74, 6) is 1.48. The van der Waals surface area contributed by atoms with E-state index in [1.165, 1.54) is 0 Å². The van der Waals surface area contributed by atoms with Crippen molar-refractivity contribution in [3.8, 4) is 11.5 Å². The van der Waals surface area contributed by atoms with Crippen LogP contribution in [0.3, 0.4) is 0 Å². The lowest BCUT2D eigenvalue weighted by Crippen LogP contribution is -2.26. The highest BCUT2D eigenvalue weighted by Gasteiger charge is 2.26. The summed E-state index contributed by atoms with van der Waals surface area (Å²) in [6.07, 6.45) is 2.16. The van der Waals surface area contributed by atoms with Gasteiger partial charge in [-0.15, -0.1) is 0 Å². The molecule has 1 aliphatic heterocycles. The number of hydrogen-bond donors (Lipinski definition) is 1. The molecular weight excluding hydrogens is 322 g/mol. The van der Waals surface area contributed by atoms with E-state index in [9.17, 15) is 0 Å². The molecule has 2 unspecified atom stereocenters. The van der Waals surface area contributed by atoms with Gasteiger partial charge in [-0.1, -0.05) is 15.9 Å². The van der Waals surface area contributed by atoms with Crippen molar-refractivity contribution in [1.29, 1.82) is 0 Å². The van der Waals surface area contributed by atoms with Crippen molar-refractivity contribution in [2.45, 2.75) is 38.8 Å². The van der Waals surface area contributed by atoms with Gasteiger partial charge in [0.25, 0.3) is 0 Å². The zero-order valence-electron chi connectivity index (χ0n) is 12.0. The molecule has 2 rings (SSSR count). The van der Waals surface area contributed by atoms with Gasteiger partial charge in [0.15, 0.2) is 11.5 Å². The Hall–Kier alpha value is -0.780. The fourth-order valence-corrected chi connectivity index (χ4v) is 3.02. The van der Waals surface area contributed by atoms with Crippen LogP contribution >= 0.6 is 15.9 Å². The quantitative estimate of drug-likeness (QED) is 0.859. The lowest BCUT2D eigenvalue weighted by atomic mass is 10.00. The Morgan fingerprint density at radius 1 is 1.30 bits per heavy atom. The molecule has 1 aromatic carbocycles. The second kappa shape index (κ2) is 7.29. The molecular formula is C15H22BrNO3. The summed E-state index contributed by atoms with van der Waals surface area (Å²) in [7, 11) is 0. The third-order valence-electron chi connectivity index (χ3n) is 3.39. The Bertz CT molecular complexity index is 447. The van der Waals surface area contributed by atoms with Gasteiger partial charge < -0.3 is 19.9 Å². The maximum absolute atomic E-state index is 6.34. The monoisotopic (exact) mass is 343 g/mol. The van der Waals surface area contributed by atoms with E-state index in [1.807, 2.05) is 26.0 Å². The molecule has 1 fully saturated rings. The fourth-order valence-electron chi connectivity index (χ4n) is 2.43. The number of benzene rings is 1. The average Bonchev–Trinajstić information content (AvgIpc) is 2.95. The number of nitrogens with two attached hydrogens (primary N) is 1. The number of halogens is 1. The molecule has 20 heavy (non-hydrogen) atoms. The standard InChI is InChI=1S/C15H22BrNO3/c1-3-18-13-8-10(11(16)9-14(13)19-4-2)15(17)12-6-5-7-20-12/h8-9,12,15H,3-7,17H2,1-2H3. The van der Waals surface area contributed by atoms with Crippen LogP contribution in [-0.2, 0) is 4.74 Å². The number of ether oxygens (including phenoxy) is 3. The van der Waals surface area contributed by atoms with Gasteiger partial charge in [0.05, 0.1) is 25.4 Å². The SMILES string of the molecule is CCOc1cc(Br)c(C(N)C2CCCO2)cc1OCC. The van der Waals surface area contributed by atoms with Crippen LogP contribution < -0.4 is 15.2 Å². The van der Waals surface area contributed by atoms with Crippen molar-refractivity contribution in [3.05, 3.63) is 22.2 Å². The van der Waals surface area contributed by atoms with Gasteiger partial charge in [-0.05, 0) is 44.4 Å². The Morgan fingerprint density at radius 2 is 1.95 bits per heavy atom. The van der Waals surface area contributed by atoms with Crippen LogP contribution in [0.25, 0.3) is 0 Å². The van der Waals surface area contributed by atoms with E-state index < -0.39 is 0 Å². The first-order valence-corrected chi connectivity index (χ1v) is 7.92. The minimum Gasteiger partial charge on any atom is -0.490 e. The lowest BCUT2D eigenvalue weighted by molar-refractivity contribution is 0.0897. The summed E-state index contributed by atoms with van der Waals surface area (Å²) in [6, 6.07) is 3.74. The van der Waals surface area contributed by atoms with Gasteiger partial charge in [0.1, 0.15) is 0 Å². The maximum atomic E-state index is 6.34. The minimum atomic E-state index is -0.151. The Balaban J connectivity index is 2.29. The van der Waals surface area contributed by atoms with Gasteiger partial charge >= 0.3 is 0 Å². The van der Waals surface area contributed by atoms with Gasteiger partial charge in [-0.25, -0.2) is 0 Å². The van der Waals surface area contributed by atoms with Crippen molar-refractivity contribution in [2.24, 2.45) is 5.73 Å². The van der Waals surface area contributed by atoms with Crippen LogP contribution in [0.5, 0.6) is 11.5 Å². The predicted molar refractivity (Wildman–Crippen MR) is 82.4 cm³/mol. The van der Waals surface area contributed by atoms with Crippen LogP contribution in [0, 0.1) is 0 Å². The summed E-state index contributed by atoms with van der Waals surface area (Å²) < 4.78 is 17.9. The van der Waals surface area contributed by atoms with Crippen LogP contribution in [-0.4, -0.2) is 25.9 Å². The third kappa shape index (κ3) is 3.45. The van der Waals surface area contributed by atoms with Crippen LogP contribution in [0.1, 0.15) is 38.3 Å². The van der Waals surface area contributed by atoms with E-state index in [2.05, 4.69) is 15.9 Å². The first-order valence-electron chi connectivity index (χ1n) is 7.13. The number of rotatable bonds is 6. The molecule has 0 amide bonds. The highest BCUT2D eigenvalue weighted by Crippen LogP contribution is 2.38. The highest BCUT2D eigenvalue weighted by molar-refractivity contribution is 9.10. The molecule has 0 bridgehead atoms. The molecule has 0 radical (unpaired) electrons. The van der Waals surface area contributed by atoms with Crippen molar-refractivity contribution < 1.29 is 14.2 Å². The molecule has 1 aliphatic rings. The van der Waals surface area contributed by atoms with Crippen LogP contribution in [0.15, 0.2) is 16.6 Å². The van der Waals surface area contributed by atoms with E-state index in [4.69, 9.17) is 19.9 Å². The maximum Gasteiger partial charge on any atom is 0.162 e. The van der Waals surface area contributed by atoms with E-state index in [1.54, 1.807) is 0 Å². The van der Waals surface area contributed by atoms with Gasteiger partial charge in [-0.3, -0.25) is 0 Å². The fraction of sp³-hybridized carbons (Fsp3) is 0.600. The first kappa shape index (κ1) is 15.6. The van der Waals surface area contributed by atoms with Crippen molar-refractivity contribution in [1.82, 2.24) is 0 Å². The smallest absolute Gasteiger partial charge is 0.162 e. The molecule has 0 spiro atoms. The molecule has 1 saturated heterocycles. The van der Waals surface area contributed by atoms with Crippen molar-refractivity contribution in [3.63, 3.8) is 0 Å². The molecule has 0 saturated carbocycles. The second-order valence-corrected chi connectivity index (χ2v) is 5.62. The molecule has 112 valence electrons. The van der Waals surface area contributed by atoms with E-state index >= 15 is 0 Å². The summed E-state index contributed by atoms with van der Waals surface area (Å²) >= 11 is 3.58. The molecule has 5 heteroatoms. The largest absolute Gasteiger partial charge is 0.490 e. The number of hydrogen-bond acceptors (Lipinski definition) is 4. The summed E-state index contributed by atoms with van der Waals surface area (Å²) in [6.45, 7) is 5.90. The van der Waals surface area contributed by atoms with Gasteiger partial charge in [0, 0.05) is 11.1 Å². The van der Waals surface area contributed by atoms with E-state index in [0.29, 0.717) is 13.2 Å². The second-order valence-electron chi connectivity index (χ2n) is 4.76. The molecule has 4 nitrogen and oxygen atoms in total.